The number of rotatable bonds is 14. The van der Waals surface area contributed by atoms with E-state index in [1.54, 1.807) is 0 Å². The van der Waals surface area contributed by atoms with E-state index in [4.69, 9.17) is 9.47 Å². The molecule has 0 aliphatic carbocycles. The van der Waals surface area contributed by atoms with Crippen molar-refractivity contribution < 1.29 is 45.8 Å². The molecule has 3 aromatic rings. The zero-order valence-electron chi connectivity index (χ0n) is 26.2. The number of hydrogen-bond donors (Lipinski definition) is 2. The molecule has 0 aromatic heterocycles. The number of cyclic esters (lactones) is 1. The van der Waals surface area contributed by atoms with Gasteiger partial charge in [-0.3, -0.25) is 9.69 Å². The van der Waals surface area contributed by atoms with Crippen LogP contribution in [0.4, 0.5) is 23.7 Å². The second kappa shape index (κ2) is 15.2. The fourth-order valence-corrected chi connectivity index (χ4v) is 6.80. The number of ether oxygens (including phenoxy) is 2. The molecule has 0 bridgehead atoms. The Balaban J connectivity index is 1.54. The van der Waals surface area contributed by atoms with Gasteiger partial charge in [-0.1, -0.05) is 50.2 Å². The van der Waals surface area contributed by atoms with Gasteiger partial charge in [0, 0.05) is 18.8 Å². The first-order chi connectivity index (χ1) is 22.2. The van der Waals surface area contributed by atoms with Gasteiger partial charge in [-0.15, -0.1) is 0 Å². The van der Waals surface area contributed by atoms with Crippen molar-refractivity contribution in [3.8, 4) is 5.75 Å². The SMILES string of the molecule is COc1ccc(S(=O)(=O)N(CC(C)C)C[C@@H](O)[C@H](CCc2ccccc2)NC(=O)[C@@H]2CN(c3cccc(C(F)(F)F)c3)C(=O)O2)cc1. The highest BCUT2D eigenvalue weighted by molar-refractivity contribution is 7.89. The van der Waals surface area contributed by atoms with Crippen LogP contribution in [0.1, 0.15) is 31.4 Å². The largest absolute Gasteiger partial charge is 0.497 e. The number of aliphatic hydroxyl groups is 1. The van der Waals surface area contributed by atoms with Gasteiger partial charge in [0.15, 0.2) is 6.10 Å². The number of carbonyl (C=O) groups excluding carboxylic acids is 2. The molecule has 14 heteroatoms. The summed E-state index contributed by atoms with van der Waals surface area (Å²) in [6.07, 6.45) is -7.79. The predicted molar refractivity (Wildman–Crippen MR) is 168 cm³/mol. The van der Waals surface area contributed by atoms with Crippen molar-refractivity contribution in [2.75, 3.05) is 31.6 Å². The van der Waals surface area contributed by atoms with Crippen LogP contribution in [0.15, 0.2) is 83.8 Å². The van der Waals surface area contributed by atoms with Crippen LogP contribution in [0.25, 0.3) is 0 Å². The van der Waals surface area contributed by atoms with E-state index in [9.17, 15) is 36.3 Å². The molecule has 1 saturated heterocycles. The van der Waals surface area contributed by atoms with Crippen LogP contribution < -0.4 is 15.0 Å². The summed E-state index contributed by atoms with van der Waals surface area (Å²) in [5.74, 6) is -0.409. The number of anilines is 1. The molecule has 0 unspecified atom stereocenters. The quantitative estimate of drug-likeness (QED) is 0.250. The molecular weight excluding hydrogens is 639 g/mol. The van der Waals surface area contributed by atoms with Crippen molar-refractivity contribution >= 4 is 27.7 Å². The average Bonchev–Trinajstić information content (AvgIpc) is 3.44. The van der Waals surface area contributed by atoms with Gasteiger partial charge in [0.2, 0.25) is 10.0 Å². The summed E-state index contributed by atoms with van der Waals surface area (Å²) in [6.45, 7) is 3.03. The highest BCUT2D eigenvalue weighted by Gasteiger charge is 2.40. The average molecular weight is 678 g/mol. The second-order valence-electron chi connectivity index (χ2n) is 11.6. The van der Waals surface area contributed by atoms with E-state index < -0.39 is 52.0 Å². The van der Waals surface area contributed by atoms with Crippen LogP contribution in [-0.4, -0.2) is 74.8 Å². The van der Waals surface area contributed by atoms with E-state index in [0.717, 1.165) is 33.0 Å². The summed E-state index contributed by atoms with van der Waals surface area (Å²) in [5.41, 5.74) is -0.143. The zero-order valence-corrected chi connectivity index (χ0v) is 27.0. The first kappa shape index (κ1) is 35.7. The van der Waals surface area contributed by atoms with E-state index >= 15 is 0 Å². The van der Waals surface area contributed by atoms with E-state index in [2.05, 4.69) is 5.32 Å². The summed E-state index contributed by atoms with van der Waals surface area (Å²) in [4.78, 5) is 27.0. The summed E-state index contributed by atoms with van der Waals surface area (Å²) >= 11 is 0. The molecule has 2 amide bonds. The van der Waals surface area contributed by atoms with Crippen LogP contribution in [-0.2, 0) is 32.2 Å². The smallest absolute Gasteiger partial charge is 0.416 e. The molecule has 1 heterocycles. The summed E-state index contributed by atoms with van der Waals surface area (Å²) < 4.78 is 78.7. The molecule has 1 aliphatic rings. The zero-order chi connectivity index (χ0) is 34.4. The minimum Gasteiger partial charge on any atom is -0.497 e. The van der Waals surface area contributed by atoms with Crippen molar-refractivity contribution in [2.45, 2.75) is 56.0 Å². The maximum Gasteiger partial charge on any atom is 0.416 e. The van der Waals surface area contributed by atoms with Crippen molar-refractivity contribution in [1.29, 1.82) is 0 Å². The van der Waals surface area contributed by atoms with Gasteiger partial charge >= 0.3 is 12.3 Å². The minimum absolute atomic E-state index is 0.00331. The Morgan fingerprint density at radius 2 is 1.74 bits per heavy atom. The van der Waals surface area contributed by atoms with Crippen molar-refractivity contribution in [1.82, 2.24) is 9.62 Å². The molecule has 10 nitrogen and oxygen atoms in total. The molecule has 254 valence electrons. The highest BCUT2D eigenvalue weighted by atomic mass is 32.2. The lowest BCUT2D eigenvalue weighted by Gasteiger charge is -2.31. The number of alkyl halides is 3. The van der Waals surface area contributed by atoms with Crippen molar-refractivity contribution in [3.63, 3.8) is 0 Å². The Hall–Kier alpha value is -4.14. The van der Waals surface area contributed by atoms with E-state index in [0.29, 0.717) is 12.2 Å². The lowest BCUT2D eigenvalue weighted by atomic mass is 10.0. The van der Waals surface area contributed by atoms with E-state index in [1.165, 1.54) is 37.4 Å². The minimum atomic E-state index is -4.64. The molecule has 1 aliphatic heterocycles. The number of amides is 2. The Morgan fingerprint density at radius 3 is 2.36 bits per heavy atom. The van der Waals surface area contributed by atoms with E-state index in [-0.39, 0.29) is 42.6 Å². The number of methoxy groups -OCH3 is 1. The number of aliphatic hydroxyl groups excluding tert-OH is 1. The van der Waals surface area contributed by atoms with Gasteiger partial charge in [0.1, 0.15) is 5.75 Å². The molecule has 0 radical (unpaired) electrons. The van der Waals surface area contributed by atoms with Crippen LogP contribution in [0.3, 0.4) is 0 Å². The summed E-state index contributed by atoms with van der Waals surface area (Å²) in [7, 11) is -2.61. The number of nitrogens with zero attached hydrogens (tertiary/aromatic N) is 2. The Kier molecular flexibility index (Phi) is 11.5. The molecule has 0 spiro atoms. The normalized spacial score (nSPS) is 16.7. The maximum absolute atomic E-state index is 13.7. The monoisotopic (exact) mass is 677 g/mol. The number of hydrogen-bond acceptors (Lipinski definition) is 7. The van der Waals surface area contributed by atoms with Gasteiger partial charge in [-0.05, 0) is 66.8 Å². The topological polar surface area (TPSA) is 125 Å². The van der Waals surface area contributed by atoms with Gasteiger partial charge in [-0.25, -0.2) is 13.2 Å². The molecule has 2 N–H and O–H groups in total. The van der Waals surface area contributed by atoms with Crippen LogP contribution in [0, 0.1) is 5.92 Å². The Labute approximate surface area is 272 Å². The standard InChI is InChI=1S/C33H38F3N3O7S/c1-22(2)19-38(47(43,44)27-15-13-26(45-3)14-16-27)20-29(40)28(17-12-23-8-5-4-6-9-23)37-31(41)30-21-39(32(42)46-30)25-11-7-10-24(18-25)33(34,35)36/h4-11,13-16,18,22,28-30,40H,12,17,19-21H2,1-3H3,(H,37,41)/t28-,29+,30-/m0/s1. The first-order valence-corrected chi connectivity index (χ1v) is 16.4. The van der Waals surface area contributed by atoms with Crippen LogP contribution >= 0.6 is 0 Å². The fourth-order valence-electron chi connectivity index (χ4n) is 5.17. The van der Waals surface area contributed by atoms with E-state index in [1.807, 2.05) is 44.2 Å². The number of benzene rings is 3. The van der Waals surface area contributed by atoms with Crippen molar-refractivity contribution in [2.24, 2.45) is 5.92 Å². The summed E-state index contributed by atoms with van der Waals surface area (Å²) in [6, 6.07) is 18.2. The molecule has 3 aromatic carbocycles. The third kappa shape index (κ3) is 9.24. The number of carbonyl (C=O) groups is 2. The van der Waals surface area contributed by atoms with Crippen LogP contribution in [0.5, 0.6) is 5.75 Å². The molecular formula is C33H38F3N3O7S. The molecule has 4 rings (SSSR count). The third-order valence-electron chi connectivity index (χ3n) is 7.63. The van der Waals surface area contributed by atoms with Crippen molar-refractivity contribution in [3.05, 3.63) is 90.0 Å². The highest BCUT2D eigenvalue weighted by Crippen LogP contribution is 2.33. The Bertz CT molecular complexity index is 1620. The second-order valence-corrected chi connectivity index (χ2v) is 13.6. The molecule has 1 fully saturated rings. The van der Waals surface area contributed by atoms with Crippen LogP contribution in [0.2, 0.25) is 0 Å². The first-order valence-electron chi connectivity index (χ1n) is 15.0. The number of nitrogens with one attached hydrogen (secondary N) is 1. The van der Waals surface area contributed by atoms with Gasteiger partial charge in [-0.2, -0.15) is 17.5 Å². The third-order valence-corrected chi connectivity index (χ3v) is 9.47. The number of aryl methyl sites for hydroxylation is 1. The van der Waals surface area contributed by atoms with Gasteiger partial charge in [0.25, 0.3) is 5.91 Å². The molecule has 0 saturated carbocycles. The lowest BCUT2D eigenvalue weighted by Crippen LogP contribution is -2.52. The number of halogens is 3. The maximum atomic E-state index is 13.7. The Morgan fingerprint density at radius 1 is 1.06 bits per heavy atom. The predicted octanol–water partition coefficient (Wildman–Crippen LogP) is 4.86. The molecule has 3 atom stereocenters. The van der Waals surface area contributed by atoms with Gasteiger partial charge < -0.3 is 19.9 Å². The summed E-state index contributed by atoms with van der Waals surface area (Å²) in [5, 5.41) is 14.2. The number of sulfonamides is 1. The lowest BCUT2D eigenvalue weighted by molar-refractivity contribution is -0.137. The fraction of sp³-hybridized carbons (Fsp3) is 0.394. The van der Waals surface area contributed by atoms with Gasteiger partial charge in [0.05, 0.1) is 36.3 Å². The molecule has 47 heavy (non-hydrogen) atoms.